The summed E-state index contributed by atoms with van der Waals surface area (Å²) in [5.74, 6) is -3.54. The van der Waals surface area contributed by atoms with E-state index in [9.17, 15) is 39.9 Å². The number of carboxylic acid groups (broad SMARTS) is 1. The summed E-state index contributed by atoms with van der Waals surface area (Å²) in [6, 6.07) is 6.89. The summed E-state index contributed by atoms with van der Waals surface area (Å²) in [5, 5.41) is 51.6. The first-order chi connectivity index (χ1) is 15.7. The maximum absolute atomic E-state index is 12.0. The lowest BCUT2D eigenvalue weighted by Crippen LogP contribution is -2.40. The Balaban J connectivity index is 1.78. The van der Waals surface area contributed by atoms with Crippen LogP contribution in [-0.2, 0) is 14.4 Å². The average molecular weight is 456 g/mol. The smallest absolute Gasteiger partial charge is 0.326 e. The number of carbonyl (C=O) groups is 3. The van der Waals surface area contributed by atoms with E-state index in [1.807, 2.05) is 0 Å². The molecule has 7 N–H and O–H groups in total. The van der Waals surface area contributed by atoms with E-state index >= 15 is 0 Å². The predicted octanol–water partition coefficient (Wildman–Crippen LogP) is 1.70. The van der Waals surface area contributed by atoms with Gasteiger partial charge in [0.2, 0.25) is 11.8 Å². The number of benzene rings is 2. The Hall–Kier alpha value is -4.47. The molecule has 2 aromatic carbocycles. The van der Waals surface area contributed by atoms with Crippen LogP contribution in [0.3, 0.4) is 0 Å². The van der Waals surface area contributed by atoms with E-state index in [2.05, 4.69) is 10.6 Å². The summed E-state index contributed by atoms with van der Waals surface area (Å²) in [4.78, 5) is 35.2. The third kappa shape index (κ3) is 8.29. The van der Waals surface area contributed by atoms with Gasteiger partial charge in [-0.1, -0.05) is 12.1 Å². The zero-order valence-electron chi connectivity index (χ0n) is 17.4. The molecule has 0 spiro atoms. The molecule has 0 heterocycles. The van der Waals surface area contributed by atoms with E-state index in [0.29, 0.717) is 11.1 Å². The summed E-state index contributed by atoms with van der Waals surface area (Å²) in [6.45, 7) is 0.173. The molecule has 33 heavy (non-hydrogen) atoms. The summed E-state index contributed by atoms with van der Waals surface area (Å²) >= 11 is 0. The number of hydrogen-bond acceptors (Lipinski definition) is 7. The van der Waals surface area contributed by atoms with Gasteiger partial charge < -0.3 is 36.2 Å². The third-order valence-corrected chi connectivity index (χ3v) is 4.44. The maximum atomic E-state index is 12.0. The van der Waals surface area contributed by atoms with Crippen molar-refractivity contribution >= 4 is 29.9 Å². The third-order valence-electron chi connectivity index (χ3n) is 4.44. The molecule has 0 radical (unpaired) electrons. The second-order valence-corrected chi connectivity index (χ2v) is 7.00. The zero-order valence-corrected chi connectivity index (χ0v) is 17.4. The number of aromatic hydroxyl groups is 4. The lowest BCUT2D eigenvalue weighted by atomic mass is 10.1. The van der Waals surface area contributed by atoms with Crippen molar-refractivity contribution < 1.29 is 39.9 Å². The second-order valence-electron chi connectivity index (χ2n) is 7.00. The standard InChI is InChI=1S/C23H24N2O8/c26-17-7-3-14(12-19(17)28)5-9-21(30)24-11-1-2-16(23(32)33)25-22(31)10-6-15-4-8-18(27)20(29)13-15/h3-10,12-13,16,26-29H,1-2,11H2,(H,24,30)(H,25,31)(H,32,33)/b9-5+,10-6+. The van der Waals surface area contributed by atoms with Crippen LogP contribution in [0.5, 0.6) is 23.0 Å². The number of carbonyl (C=O) groups excluding carboxylic acids is 2. The van der Waals surface area contributed by atoms with Crippen LogP contribution in [-0.4, -0.2) is 55.9 Å². The molecule has 0 bridgehead atoms. The van der Waals surface area contributed by atoms with Crippen LogP contribution in [0.4, 0.5) is 0 Å². The van der Waals surface area contributed by atoms with Gasteiger partial charge in [-0.05, 0) is 60.4 Å². The molecule has 10 nitrogen and oxygen atoms in total. The molecule has 0 aliphatic rings. The maximum Gasteiger partial charge on any atom is 0.326 e. The average Bonchev–Trinajstić information content (AvgIpc) is 2.77. The number of carboxylic acids is 1. The quantitative estimate of drug-likeness (QED) is 0.160. The van der Waals surface area contributed by atoms with E-state index in [4.69, 9.17) is 0 Å². The molecule has 10 heteroatoms. The minimum absolute atomic E-state index is 0.0741. The van der Waals surface area contributed by atoms with Crippen molar-refractivity contribution in [3.8, 4) is 23.0 Å². The highest BCUT2D eigenvalue weighted by Crippen LogP contribution is 2.26. The van der Waals surface area contributed by atoms with Crippen molar-refractivity contribution in [2.24, 2.45) is 0 Å². The van der Waals surface area contributed by atoms with E-state index < -0.39 is 23.8 Å². The van der Waals surface area contributed by atoms with Gasteiger partial charge in [0.1, 0.15) is 6.04 Å². The molecule has 0 aliphatic carbocycles. The fourth-order valence-electron chi connectivity index (χ4n) is 2.69. The summed E-state index contributed by atoms with van der Waals surface area (Å²) in [6.07, 6.45) is 5.49. The Morgan fingerprint density at radius 3 is 1.79 bits per heavy atom. The van der Waals surface area contributed by atoms with Gasteiger partial charge in [0.05, 0.1) is 0 Å². The van der Waals surface area contributed by atoms with E-state index in [0.717, 1.165) is 6.08 Å². The number of aliphatic carboxylic acids is 1. The van der Waals surface area contributed by atoms with Crippen molar-refractivity contribution in [3.05, 3.63) is 59.7 Å². The molecule has 174 valence electrons. The van der Waals surface area contributed by atoms with Gasteiger partial charge in [0.25, 0.3) is 0 Å². The molecule has 0 aliphatic heterocycles. The predicted molar refractivity (Wildman–Crippen MR) is 119 cm³/mol. The molecular formula is C23H24N2O8. The molecule has 1 atom stereocenters. The number of phenolic OH excluding ortho intramolecular Hbond substituents is 4. The lowest BCUT2D eigenvalue weighted by molar-refractivity contribution is -0.141. The molecule has 0 saturated carbocycles. The van der Waals surface area contributed by atoms with Gasteiger partial charge in [-0.25, -0.2) is 4.79 Å². The Labute approximate surface area is 189 Å². The molecule has 0 saturated heterocycles. The molecule has 0 aromatic heterocycles. The molecule has 1 unspecified atom stereocenters. The summed E-state index contributed by atoms with van der Waals surface area (Å²) < 4.78 is 0. The van der Waals surface area contributed by atoms with E-state index in [1.165, 1.54) is 54.6 Å². The highest BCUT2D eigenvalue weighted by atomic mass is 16.4. The minimum Gasteiger partial charge on any atom is -0.504 e. The zero-order chi connectivity index (χ0) is 24.4. The van der Waals surface area contributed by atoms with Crippen LogP contribution in [0.2, 0.25) is 0 Å². The van der Waals surface area contributed by atoms with Crippen LogP contribution < -0.4 is 10.6 Å². The van der Waals surface area contributed by atoms with E-state index in [-0.39, 0.29) is 42.4 Å². The number of phenols is 4. The highest BCUT2D eigenvalue weighted by Gasteiger charge is 2.18. The molecule has 2 aromatic rings. The van der Waals surface area contributed by atoms with Gasteiger partial charge in [-0.2, -0.15) is 0 Å². The number of amides is 2. The Morgan fingerprint density at radius 2 is 1.30 bits per heavy atom. The van der Waals surface area contributed by atoms with Gasteiger partial charge in [0, 0.05) is 18.7 Å². The Morgan fingerprint density at radius 1 is 0.788 bits per heavy atom. The van der Waals surface area contributed by atoms with Crippen molar-refractivity contribution in [2.75, 3.05) is 6.54 Å². The SMILES string of the molecule is O=C(/C=C/c1ccc(O)c(O)c1)NCCCC(NC(=O)/C=C/c1ccc(O)c(O)c1)C(=O)O. The normalized spacial score (nSPS) is 12.0. The minimum atomic E-state index is -1.22. The molecule has 2 rings (SSSR count). The van der Waals surface area contributed by atoms with Crippen molar-refractivity contribution in [3.63, 3.8) is 0 Å². The molecular weight excluding hydrogens is 432 g/mol. The van der Waals surface area contributed by atoms with Crippen LogP contribution in [0.15, 0.2) is 48.6 Å². The summed E-state index contributed by atoms with van der Waals surface area (Å²) in [7, 11) is 0. The fourth-order valence-corrected chi connectivity index (χ4v) is 2.69. The second kappa shape index (κ2) is 11.8. The first kappa shape index (κ1) is 24.8. The van der Waals surface area contributed by atoms with Crippen LogP contribution in [0.1, 0.15) is 24.0 Å². The summed E-state index contributed by atoms with van der Waals surface area (Å²) in [5.41, 5.74) is 0.940. The first-order valence-corrected chi connectivity index (χ1v) is 9.87. The van der Waals surface area contributed by atoms with E-state index in [1.54, 1.807) is 0 Å². The highest BCUT2D eigenvalue weighted by molar-refractivity contribution is 5.94. The fraction of sp³-hybridized carbons (Fsp3) is 0.174. The number of rotatable bonds is 10. The molecule has 0 fully saturated rings. The van der Waals surface area contributed by atoms with Gasteiger partial charge >= 0.3 is 5.97 Å². The van der Waals surface area contributed by atoms with Crippen molar-refractivity contribution in [2.45, 2.75) is 18.9 Å². The lowest BCUT2D eigenvalue weighted by Gasteiger charge is -2.13. The number of hydrogen-bond donors (Lipinski definition) is 7. The largest absolute Gasteiger partial charge is 0.504 e. The molecule has 2 amide bonds. The van der Waals surface area contributed by atoms with Crippen molar-refractivity contribution in [1.82, 2.24) is 10.6 Å². The van der Waals surface area contributed by atoms with Crippen molar-refractivity contribution in [1.29, 1.82) is 0 Å². The van der Waals surface area contributed by atoms with Crippen LogP contribution in [0, 0.1) is 0 Å². The Kier molecular flexibility index (Phi) is 8.86. The number of nitrogens with one attached hydrogen (secondary N) is 2. The monoisotopic (exact) mass is 456 g/mol. The topological polar surface area (TPSA) is 176 Å². The van der Waals surface area contributed by atoms with Crippen LogP contribution >= 0.6 is 0 Å². The van der Waals surface area contributed by atoms with Gasteiger partial charge in [-0.3, -0.25) is 9.59 Å². The van der Waals surface area contributed by atoms with Crippen LogP contribution in [0.25, 0.3) is 12.2 Å². The Bertz CT molecular complexity index is 1080. The van der Waals surface area contributed by atoms with Gasteiger partial charge in [0.15, 0.2) is 23.0 Å². The van der Waals surface area contributed by atoms with Gasteiger partial charge in [-0.15, -0.1) is 0 Å². The first-order valence-electron chi connectivity index (χ1n) is 9.87.